The number of rotatable bonds is 10. The molecule has 2 rings (SSSR count). The van der Waals surface area contributed by atoms with E-state index in [0.717, 1.165) is 24.1 Å². The van der Waals surface area contributed by atoms with Crippen molar-refractivity contribution in [3.63, 3.8) is 0 Å². The molecule has 0 saturated carbocycles. The molecule has 6 heteroatoms. The van der Waals surface area contributed by atoms with Gasteiger partial charge in [-0.25, -0.2) is 0 Å². The summed E-state index contributed by atoms with van der Waals surface area (Å²) in [6.45, 7) is 5.16. The van der Waals surface area contributed by atoms with Crippen LogP contribution in [0.15, 0.2) is 42.5 Å². The third kappa shape index (κ3) is 7.81. The predicted molar refractivity (Wildman–Crippen MR) is 114 cm³/mol. The van der Waals surface area contributed by atoms with Crippen LogP contribution in [-0.2, 0) is 0 Å². The van der Waals surface area contributed by atoms with Crippen LogP contribution in [0.1, 0.15) is 49.9 Å². The standard InChI is InChI=1S/C21H25Cl2O2P.Li/c1-3-5-7-15(4-2)14-25-16-10-12-17(13-11-16)26-21(24)20-18(22)8-6-9-19(20)23;/h6,8-13,15,26H,3-5,7,14H2,1-2H3;/q;+1. The predicted octanol–water partition coefficient (Wildman–Crippen LogP) is 3.74. The summed E-state index contributed by atoms with van der Waals surface area (Å²) in [7, 11) is -0.0212. The summed E-state index contributed by atoms with van der Waals surface area (Å²) < 4.78 is 5.91. The van der Waals surface area contributed by atoms with Crippen LogP contribution in [0.2, 0.25) is 10.0 Å². The summed E-state index contributed by atoms with van der Waals surface area (Å²) in [6, 6.07) is 12.8. The number of ether oxygens (including phenoxy) is 1. The van der Waals surface area contributed by atoms with Gasteiger partial charge in [0.2, 0.25) is 0 Å². The van der Waals surface area contributed by atoms with E-state index in [-0.39, 0.29) is 33.0 Å². The van der Waals surface area contributed by atoms with Gasteiger partial charge in [0.1, 0.15) is 5.75 Å². The van der Waals surface area contributed by atoms with Crippen molar-refractivity contribution in [1.29, 1.82) is 0 Å². The van der Waals surface area contributed by atoms with Gasteiger partial charge in [-0.2, -0.15) is 0 Å². The molecule has 0 radical (unpaired) electrons. The van der Waals surface area contributed by atoms with Gasteiger partial charge in [0.25, 0.3) is 0 Å². The molecule has 0 aliphatic carbocycles. The van der Waals surface area contributed by atoms with Crippen LogP contribution in [0.5, 0.6) is 5.75 Å². The van der Waals surface area contributed by atoms with Gasteiger partial charge in [-0.1, -0.05) is 74.5 Å². The van der Waals surface area contributed by atoms with Crippen molar-refractivity contribution in [2.45, 2.75) is 39.5 Å². The van der Waals surface area contributed by atoms with Gasteiger partial charge in [-0.15, -0.1) is 0 Å². The van der Waals surface area contributed by atoms with E-state index in [0.29, 0.717) is 21.5 Å². The van der Waals surface area contributed by atoms with Crippen LogP contribution in [0.25, 0.3) is 0 Å². The molecular formula is C21H25Cl2LiO2P+. The van der Waals surface area contributed by atoms with Gasteiger partial charge in [0, 0.05) is 0 Å². The molecule has 0 spiro atoms. The fraction of sp³-hybridized carbons (Fsp3) is 0.381. The molecule has 0 aliphatic heterocycles. The number of hydrogen-bond donors (Lipinski definition) is 0. The fourth-order valence-electron chi connectivity index (χ4n) is 2.66. The van der Waals surface area contributed by atoms with E-state index in [1.807, 2.05) is 24.3 Å². The molecule has 0 saturated heterocycles. The molecule has 2 atom stereocenters. The van der Waals surface area contributed by atoms with E-state index in [9.17, 15) is 4.79 Å². The Bertz CT molecular complexity index is 702. The Balaban J connectivity index is 0.00000364. The van der Waals surface area contributed by atoms with E-state index in [1.54, 1.807) is 18.2 Å². The van der Waals surface area contributed by atoms with Gasteiger partial charge in [0.05, 0.1) is 22.2 Å². The number of benzene rings is 2. The average molecular weight is 418 g/mol. The van der Waals surface area contributed by atoms with Crippen LogP contribution in [0, 0.1) is 5.92 Å². The summed E-state index contributed by atoms with van der Waals surface area (Å²) in [5.74, 6) is 1.44. The van der Waals surface area contributed by atoms with Crippen molar-refractivity contribution < 1.29 is 28.4 Å². The summed E-state index contributed by atoms with van der Waals surface area (Å²) >= 11 is 12.2. The van der Waals surface area contributed by atoms with Gasteiger partial charge in [0.15, 0.2) is 5.52 Å². The average Bonchev–Trinajstić information content (AvgIpc) is 2.63. The maximum Gasteiger partial charge on any atom is 1.00 e. The van der Waals surface area contributed by atoms with E-state index < -0.39 is 0 Å². The molecule has 2 unspecified atom stereocenters. The summed E-state index contributed by atoms with van der Waals surface area (Å²) in [5.41, 5.74) is 0.344. The van der Waals surface area contributed by atoms with E-state index in [4.69, 9.17) is 27.9 Å². The van der Waals surface area contributed by atoms with Crippen molar-refractivity contribution in [2.24, 2.45) is 5.92 Å². The zero-order valence-corrected chi connectivity index (χ0v) is 18.7. The summed E-state index contributed by atoms with van der Waals surface area (Å²) in [6.07, 6.45) is 4.80. The Morgan fingerprint density at radius 2 is 1.70 bits per heavy atom. The quantitative estimate of drug-likeness (QED) is 0.434. The molecule has 0 heterocycles. The minimum Gasteiger partial charge on any atom is -0.493 e. The molecule has 0 aromatic heterocycles. The normalized spacial score (nSPS) is 12.0. The first-order valence-electron chi connectivity index (χ1n) is 9.03. The molecular weight excluding hydrogens is 393 g/mol. The van der Waals surface area contributed by atoms with Crippen molar-refractivity contribution in [2.75, 3.05) is 6.61 Å². The topological polar surface area (TPSA) is 26.3 Å². The number of carbonyl (C=O) groups excluding carboxylic acids is 1. The third-order valence-electron chi connectivity index (χ3n) is 4.33. The molecule has 2 nitrogen and oxygen atoms in total. The van der Waals surface area contributed by atoms with E-state index in [2.05, 4.69) is 13.8 Å². The monoisotopic (exact) mass is 417 g/mol. The number of carbonyl (C=O) groups is 1. The van der Waals surface area contributed by atoms with Gasteiger partial charge < -0.3 is 4.74 Å². The Hall–Kier alpha value is -0.483. The van der Waals surface area contributed by atoms with Crippen LogP contribution in [-0.4, -0.2) is 12.1 Å². The smallest absolute Gasteiger partial charge is 0.493 e. The SMILES string of the molecule is CCCCC(CC)COc1ccc(PC(=O)c2c(Cl)cccc2Cl)cc1.[Li+]. The van der Waals surface area contributed by atoms with Crippen LogP contribution >= 0.6 is 31.8 Å². The molecule has 0 bridgehead atoms. The summed E-state index contributed by atoms with van der Waals surface area (Å²) in [4.78, 5) is 12.5. The molecule has 2 aromatic carbocycles. The Morgan fingerprint density at radius 1 is 1.07 bits per heavy atom. The number of halogens is 2. The minimum atomic E-state index is -0.0557. The Labute approximate surface area is 186 Å². The molecule has 0 amide bonds. The second-order valence-corrected chi connectivity index (χ2v) is 8.40. The first-order valence-corrected chi connectivity index (χ1v) is 10.8. The van der Waals surface area contributed by atoms with Gasteiger partial charge in [-0.3, -0.25) is 4.79 Å². The summed E-state index contributed by atoms with van der Waals surface area (Å²) in [5, 5.41) is 1.73. The van der Waals surface area contributed by atoms with Crippen molar-refractivity contribution >= 4 is 42.6 Å². The number of unbranched alkanes of at least 4 members (excludes halogenated alkanes) is 1. The first kappa shape index (κ1) is 24.6. The maximum absolute atomic E-state index is 12.5. The molecule has 0 aliphatic rings. The van der Waals surface area contributed by atoms with Crippen molar-refractivity contribution in [1.82, 2.24) is 0 Å². The van der Waals surface area contributed by atoms with Crippen LogP contribution in [0.4, 0.5) is 0 Å². The molecule has 0 N–H and O–H groups in total. The minimum absolute atomic E-state index is 0. The zero-order chi connectivity index (χ0) is 18.9. The zero-order valence-electron chi connectivity index (χ0n) is 16.2. The molecule has 2 aromatic rings. The molecule has 27 heavy (non-hydrogen) atoms. The van der Waals surface area contributed by atoms with E-state index >= 15 is 0 Å². The fourth-order valence-corrected chi connectivity index (χ4v) is 4.37. The Kier molecular flexibility index (Phi) is 11.7. The van der Waals surface area contributed by atoms with Crippen molar-refractivity contribution in [3.8, 4) is 5.75 Å². The van der Waals surface area contributed by atoms with Crippen LogP contribution < -0.4 is 28.9 Å². The van der Waals surface area contributed by atoms with Crippen molar-refractivity contribution in [3.05, 3.63) is 58.1 Å². The Morgan fingerprint density at radius 3 is 2.26 bits per heavy atom. The van der Waals surface area contributed by atoms with Gasteiger partial charge >= 0.3 is 18.9 Å². The number of hydrogen-bond acceptors (Lipinski definition) is 2. The largest absolute Gasteiger partial charge is 1.00 e. The van der Waals surface area contributed by atoms with E-state index in [1.165, 1.54) is 19.3 Å². The second-order valence-electron chi connectivity index (χ2n) is 6.30. The first-order chi connectivity index (χ1) is 12.5. The second kappa shape index (κ2) is 12.9. The maximum atomic E-state index is 12.5. The van der Waals surface area contributed by atoms with Crippen LogP contribution in [0.3, 0.4) is 0 Å². The third-order valence-corrected chi connectivity index (χ3v) is 6.06. The molecule has 0 fully saturated rings. The molecule has 140 valence electrons. The van der Waals surface area contributed by atoms with Gasteiger partial charge in [-0.05, 0) is 50.5 Å².